The van der Waals surface area contributed by atoms with E-state index in [1.54, 1.807) is 0 Å². The van der Waals surface area contributed by atoms with Crippen LogP contribution in [-0.2, 0) is 0 Å². The summed E-state index contributed by atoms with van der Waals surface area (Å²) >= 11 is 1.86. The summed E-state index contributed by atoms with van der Waals surface area (Å²) in [5.74, 6) is 0. The predicted molar refractivity (Wildman–Crippen MR) is 225 cm³/mol. The second kappa shape index (κ2) is 12.7. The van der Waals surface area contributed by atoms with Gasteiger partial charge in [0.05, 0.1) is 5.69 Å². The van der Waals surface area contributed by atoms with Gasteiger partial charge in [-0.2, -0.15) is 0 Å². The summed E-state index contributed by atoms with van der Waals surface area (Å²) in [6.07, 6.45) is 0. The van der Waals surface area contributed by atoms with Crippen molar-refractivity contribution in [2.24, 2.45) is 0 Å². The molecule has 9 aromatic carbocycles. The van der Waals surface area contributed by atoms with Crippen molar-refractivity contribution in [3.8, 4) is 33.4 Å². The van der Waals surface area contributed by atoms with E-state index in [1.165, 1.54) is 75.1 Å². The summed E-state index contributed by atoms with van der Waals surface area (Å²) in [4.78, 5) is 2.43. The highest BCUT2D eigenvalue weighted by Gasteiger charge is 2.19. The number of thiophene rings is 1. The molecule has 1 heterocycles. The van der Waals surface area contributed by atoms with Crippen molar-refractivity contribution in [1.82, 2.24) is 0 Å². The molecule has 0 N–H and O–H groups in total. The molecule has 1 nitrogen and oxygen atoms in total. The highest BCUT2D eigenvalue weighted by atomic mass is 32.1. The zero-order valence-electron chi connectivity index (χ0n) is 28.4. The summed E-state index contributed by atoms with van der Waals surface area (Å²) in [6.45, 7) is 0. The van der Waals surface area contributed by atoms with Crippen LogP contribution in [0.4, 0.5) is 17.1 Å². The minimum Gasteiger partial charge on any atom is -0.310 e. The van der Waals surface area contributed by atoms with Crippen molar-refractivity contribution in [3.05, 3.63) is 200 Å². The average Bonchev–Trinajstić information content (AvgIpc) is 3.59. The van der Waals surface area contributed by atoms with Crippen molar-refractivity contribution < 1.29 is 0 Å². The number of nitrogens with zero attached hydrogens (tertiary/aromatic N) is 1. The van der Waals surface area contributed by atoms with Crippen LogP contribution >= 0.6 is 11.3 Å². The molecule has 0 fully saturated rings. The van der Waals surface area contributed by atoms with Gasteiger partial charge in [0, 0.05) is 37.1 Å². The quantitative estimate of drug-likeness (QED) is 0.169. The minimum atomic E-state index is 1.12. The SMILES string of the molecule is c1ccc(-c2ccc3ccc(-c4ccc5ccc(N(c6ccc7sc8ccccc8c7c6)c6ccccc6-c6ccccc6)cc5c4)cc3c2)cc1. The van der Waals surface area contributed by atoms with E-state index in [2.05, 4.69) is 205 Å². The first-order valence-electron chi connectivity index (χ1n) is 17.7. The molecule has 10 rings (SSSR count). The van der Waals surface area contributed by atoms with Crippen LogP contribution in [0.3, 0.4) is 0 Å². The normalized spacial score (nSPS) is 11.5. The molecule has 0 unspecified atom stereocenters. The average molecular weight is 680 g/mol. The van der Waals surface area contributed by atoms with Crippen molar-refractivity contribution in [1.29, 1.82) is 0 Å². The molecule has 52 heavy (non-hydrogen) atoms. The van der Waals surface area contributed by atoms with Crippen LogP contribution in [-0.4, -0.2) is 0 Å². The van der Waals surface area contributed by atoms with Crippen LogP contribution in [0, 0.1) is 0 Å². The minimum absolute atomic E-state index is 1.12. The molecule has 0 spiro atoms. The topological polar surface area (TPSA) is 3.24 Å². The van der Waals surface area contributed by atoms with Crippen LogP contribution in [0.15, 0.2) is 200 Å². The van der Waals surface area contributed by atoms with E-state index < -0.39 is 0 Å². The number of anilines is 3. The Bertz CT molecular complexity index is 2910. The van der Waals surface area contributed by atoms with E-state index in [-0.39, 0.29) is 0 Å². The van der Waals surface area contributed by atoms with Gasteiger partial charge in [-0.25, -0.2) is 0 Å². The van der Waals surface area contributed by atoms with Crippen LogP contribution in [0.5, 0.6) is 0 Å². The van der Waals surface area contributed by atoms with Crippen LogP contribution in [0.2, 0.25) is 0 Å². The molecule has 0 aliphatic rings. The molecule has 244 valence electrons. The van der Waals surface area contributed by atoms with Gasteiger partial charge in [0.15, 0.2) is 0 Å². The third kappa shape index (κ3) is 5.42. The predicted octanol–water partition coefficient (Wildman–Crippen LogP) is 14.8. The second-order valence-electron chi connectivity index (χ2n) is 13.4. The van der Waals surface area contributed by atoms with E-state index in [0.29, 0.717) is 0 Å². The molecule has 0 saturated carbocycles. The van der Waals surface area contributed by atoms with Crippen LogP contribution in [0.1, 0.15) is 0 Å². The van der Waals surface area contributed by atoms with E-state index in [1.807, 2.05) is 11.3 Å². The van der Waals surface area contributed by atoms with Gasteiger partial charge in [-0.15, -0.1) is 11.3 Å². The first kappa shape index (κ1) is 30.4. The molecule has 2 heteroatoms. The number of hydrogen-bond donors (Lipinski definition) is 0. The maximum Gasteiger partial charge on any atom is 0.0540 e. The molecular weight excluding hydrogens is 647 g/mol. The fourth-order valence-electron chi connectivity index (χ4n) is 7.60. The van der Waals surface area contributed by atoms with Gasteiger partial charge < -0.3 is 4.90 Å². The lowest BCUT2D eigenvalue weighted by molar-refractivity contribution is 1.29. The van der Waals surface area contributed by atoms with Gasteiger partial charge in [-0.05, 0) is 110 Å². The largest absolute Gasteiger partial charge is 0.310 e. The molecule has 1 aromatic heterocycles. The van der Waals surface area contributed by atoms with Crippen molar-refractivity contribution in [2.45, 2.75) is 0 Å². The molecule has 0 bridgehead atoms. The zero-order chi connectivity index (χ0) is 34.4. The number of fused-ring (bicyclic) bond motifs is 5. The van der Waals surface area contributed by atoms with E-state index in [9.17, 15) is 0 Å². The zero-order valence-corrected chi connectivity index (χ0v) is 29.2. The van der Waals surface area contributed by atoms with Crippen LogP contribution < -0.4 is 4.90 Å². The van der Waals surface area contributed by atoms with Gasteiger partial charge in [-0.3, -0.25) is 0 Å². The summed E-state index contributed by atoms with van der Waals surface area (Å²) in [5.41, 5.74) is 10.7. The number of hydrogen-bond acceptors (Lipinski definition) is 2. The van der Waals surface area contributed by atoms with Gasteiger partial charge in [-0.1, -0.05) is 140 Å². The molecule has 0 atom stereocenters. The Morgan fingerprint density at radius 3 is 1.56 bits per heavy atom. The fraction of sp³-hybridized carbons (Fsp3) is 0. The Balaban J connectivity index is 1.12. The summed E-state index contributed by atoms with van der Waals surface area (Å²) < 4.78 is 2.62. The Kier molecular flexibility index (Phi) is 7.41. The maximum absolute atomic E-state index is 2.43. The lowest BCUT2D eigenvalue weighted by Crippen LogP contribution is -2.11. The monoisotopic (exact) mass is 679 g/mol. The first-order valence-corrected chi connectivity index (χ1v) is 18.6. The number of para-hydroxylation sites is 1. The molecule has 0 saturated heterocycles. The van der Waals surface area contributed by atoms with Crippen molar-refractivity contribution in [3.63, 3.8) is 0 Å². The molecule has 0 radical (unpaired) electrons. The second-order valence-corrected chi connectivity index (χ2v) is 14.5. The third-order valence-electron chi connectivity index (χ3n) is 10.2. The summed E-state index contributed by atoms with van der Waals surface area (Å²) in [6, 6.07) is 73.1. The third-order valence-corrected chi connectivity index (χ3v) is 11.4. The molecule has 0 aliphatic carbocycles. The smallest absolute Gasteiger partial charge is 0.0540 e. The van der Waals surface area contributed by atoms with Gasteiger partial charge >= 0.3 is 0 Å². The van der Waals surface area contributed by atoms with Gasteiger partial charge in [0.1, 0.15) is 0 Å². The standard InChI is InChI=1S/C50H33NS/c1-3-11-34(12-4-1)38-22-19-35-20-23-39(30-41(35)29-38)40-24-21-36-25-26-43(32-42(36)31-40)51(48-17-9-7-15-45(48)37-13-5-2-6-14-37)44-27-28-50-47(33-44)46-16-8-10-18-49(46)52-50/h1-33H. The van der Waals surface area contributed by atoms with Gasteiger partial charge in [0.2, 0.25) is 0 Å². The van der Waals surface area contributed by atoms with E-state index in [4.69, 9.17) is 0 Å². The first-order chi connectivity index (χ1) is 25.7. The molecular formula is C50H33NS. The van der Waals surface area contributed by atoms with Gasteiger partial charge in [0.25, 0.3) is 0 Å². The Morgan fingerprint density at radius 2 is 0.827 bits per heavy atom. The lowest BCUT2D eigenvalue weighted by atomic mass is 9.96. The highest BCUT2D eigenvalue weighted by molar-refractivity contribution is 7.25. The number of benzene rings is 9. The van der Waals surface area contributed by atoms with Crippen molar-refractivity contribution in [2.75, 3.05) is 4.90 Å². The van der Waals surface area contributed by atoms with E-state index >= 15 is 0 Å². The van der Waals surface area contributed by atoms with Crippen molar-refractivity contribution >= 4 is 70.1 Å². The number of rotatable bonds is 6. The Hall–Kier alpha value is -6.48. The molecule has 0 aliphatic heterocycles. The molecule has 10 aromatic rings. The lowest BCUT2D eigenvalue weighted by Gasteiger charge is -2.28. The highest BCUT2D eigenvalue weighted by Crippen LogP contribution is 2.44. The van der Waals surface area contributed by atoms with E-state index in [0.717, 1.165) is 17.1 Å². The Morgan fingerprint density at radius 1 is 0.308 bits per heavy atom. The summed E-state index contributed by atoms with van der Waals surface area (Å²) in [7, 11) is 0. The summed E-state index contributed by atoms with van der Waals surface area (Å²) in [5, 5.41) is 7.50. The maximum atomic E-state index is 2.43. The Labute approximate surface area is 307 Å². The molecule has 0 amide bonds. The fourth-order valence-corrected chi connectivity index (χ4v) is 8.69. The van der Waals surface area contributed by atoms with Crippen LogP contribution in [0.25, 0.3) is 75.1 Å².